The van der Waals surface area contributed by atoms with Gasteiger partial charge >= 0.3 is 0 Å². The summed E-state index contributed by atoms with van der Waals surface area (Å²) in [5.41, 5.74) is 0.815. The van der Waals surface area contributed by atoms with Crippen molar-refractivity contribution in [2.75, 3.05) is 18.0 Å². The number of nitrogens with zero attached hydrogens (tertiary/aromatic N) is 2. The predicted molar refractivity (Wildman–Crippen MR) is 92.2 cm³/mol. The van der Waals surface area contributed by atoms with E-state index in [9.17, 15) is 9.59 Å². The quantitative estimate of drug-likeness (QED) is 0.872. The Morgan fingerprint density at radius 2 is 1.62 bits per heavy atom. The molecule has 1 saturated heterocycles. The first kappa shape index (κ1) is 16.1. The fraction of sp³-hybridized carbons (Fsp3) is 0.263. The lowest BCUT2D eigenvalue weighted by Crippen LogP contribution is -2.57. The lowest BCUT2D eigenvalue weighted by atomic mass is 10.1. The first-order chi connectivity index (χ1) is 11.6. The number of piperazine rings is 1. The van der Waals surface area contributed by atoms with Crippen molar-refractivity contribution in [1.29, 1.82) is 0 Å². The Morgan fingerprint density at radius 3 is 2.25 bits per heavy atom. The lowest BCUT2D eigenvalue weighted by molar-refractivity contribution is -0.139. The fourth-order valence-corrected chi connectivity index (χ4v) is 2.88. The number of benzene rings is 2. The van der Waals surface area contributed by atoms with Gasteiger partial charge in [0.2, 0.25) is 11.8 Å². The summed E-state index contributed by atoms with van der Waals surface area (Å²) in [5, 5.41) is 0. The Labute approximate surface area is 141 Å². The lowest BCUT2D eigenvalue weighted by Gasteiger charge is -2.38. The Kier molecular flexibility index (Phi) is 4.51. The van der Waals surface area contributed by atoms with Crippen LogP contribution in [0, 0.1) is 0 Å². The third kappa shape index (κ3) is 3.25. The molecular formula is C19H20N2O3. The van der Waals surface area contributed by atoms with E-state index < -0.39 is 6.04 Å². The molecule has 0 aliphatic carbocycles. The smallest absolute Gasteiger partial charge is 0.249 e. The van der Waals surface area contributed by atoms with Crippen molar-refractivity contribution in [3.8, 4) is 11.5 Å². The van der Waals surface area contributed by atoms with Gasteiger partial charge in [-0.15, -0.1) is 0 Å². The zero-order chi connectivity index (χ0) is 17.1. The molecule has 0 saturated carbocycles. The largest absolute Gasteiger partial charge is 0.457 e. The van der Waals surface area contributed by atoms with Crippen LogP contribution in [0.4, 0.5) is 5.69 Å². The number of hydrogen-bond donors (Lipinski definition) is 0. The van der Waals surface area contributed by atoms with E-state index in [-0.39, 0.29) is 11.8 Å². The minimum absolute atomic E-state index is 0.0619. The van der Waals surface area contributed by atoms with Crippen LogP contribution in [0.1, 0.15) is 13.8 Å². The molecule has 24 heavy (non-hydrogen) atoms. The number of para-hydroxylation sites is 1. The molecule has 1 heterocycles. The molecule has 1 fully saturated rings. The van der Waals surface area contributed by atoms with E-state index in [0.29, 0.717) is 18.8 Å². The molecule has 5 nitrogen and oxygen atoms in total. The monoisotopic (exact) mass is 324 g/mol. The van der Waals surface area contributed by atoms with Crippen molar-refractivity contribution in [1.82, 2.24) is 4.90 Å². The zero-order valence-corrected chi connectivity index (χ0v) is 13.8. The second-order valence-corrected chi connectivity index (χ2v) is 5.79. The van der Waals surface area contributed by atoms with Gasteiger partial charge in [-0.25, -0.2) is 0 Å². The minimum Gasteiger partial charge on any atom is -0.457 e. The molecule has 1 aliphatic rings. The first-order valence-electron chi connectivity index (χ1n) is 7.98. The van der Waals surface area contributed by atoms with Gasteiger partial charge in [-0.3, -0.25) is 9.59 Å². The molecule has 2 aromatic carbocycles. The standard InChI is InChI=1S/C19H20N2O3/c1-14-19(23)21(13-12-20(14)15(2)22)16-8-10-18(11-9-16)24-17-6-4-3-5-7-17/h3-11,14H,12-13H2,1-2H3. The van der Waals surface area contributed by atoms with Gasteiger partial charge in [0.25, 0.3) is 0 Å². The van der Waals surface area contributed by atoms with Crippen molar-refractivity contribution in [2.45, 2.75) is 19.9 Å². The molecule has 124 valence electrons. The second kappa shape index (κ2) is 6.74. The maximum Gasteiger partial charge on any atom is 0.249 e. The van der Waals surface area contributed by atoms with E-state index >= 15 is 0 Å². The van der Waals surface area contributed by atoms with Crippen LogP contribution in [0.25, 0.3) is 0 Å². The van der Waals surface area contributed by atoms with Gasteiger partial charge in [0.1, 0.15) is 17.5 Å². The van der Waals surface area contributed by atoms with Crippen LogP contribution in [0.5, 0.6) is 11.5 Å². The number of carbonyl (C=O) groups is 2. The van der Waals surface area contributed by atoms with Gasteiger partial charge in [0, 0.05) is 25.7 Å². The van der Waals surface area contributed by atoms with E-state index in [2.05, 4.69) is 0 Å². The maximum atomic E-state index is 12.5. The predicted octanol–water partition coefficient (Wildman–Crippen LogP) is 3.06. The van der Waals surface area contributed by atoms with Crippen molar-refractivity contribution >= 4 is 17.5 Å². The number of anilines is 1. The summed E-state index contributed by atoms with van der Waals surface area (Å²) in [4.78, 5) is 27.4. The molecule has 0 aromatic heterocycles. The molecule has 1 aliphatic heterocycles. The summed E-state index contributed by atoms with van der Waals surface area (Å²) in [6.45, 7) is 4.31. The van der Waals surface area contributed by atoms with Crippen LogP contribution >= 0.6 is 0 Å². The fourth-order valence-electron chi connectivity index (χ4n) is 2.88. The molecule has 0 bridgehead atoms. The van der Waals surface area contributed by atoms with E-state index in [0.717, 1.165) is 11.4 Å². The number of ether oxygens (including phenoxy) is 1. The van der Waals surface area contributed by atoms with Crippen LogP contribution in [-0.2, 0) is 9.59 Å². The number of amides is 2. The van der Waals surface area contributed by atoms with E-state index in [1.807, 2.05) is 54.6 Å². The Bertz CT molecular complexity index is 728. The summed E-state index contributed by atoms with van der Waals surface area (Å²) in [7, 11) is 0. The van der Waals surface area contributed by atoms with Crippen LogP contribution in [0.15, 0.2) is 54.6 Å². The van der Waals surface area contributed by atoms with Gasteiger partial charge in [0.05, 0.1) is 0 Å². The van der Waals surface area contributed by atoms with Crippen molar-refractivity contribution in [2.24, 2.45) is 0 Å². The SMILES string of the molecule is CC(=O)N1CCN(c2ccc(Oc3ccccc3)cc2)C(=O)C1C. The molecule has 2 amide bonds. The Balaban J connectivity index is 1.72. The zero-order valence-electron chi connectivity index (χ0n) is 13.8. The third-order valence-corrected chi connectivity index (χ3v) is 4.19. The molecule has 1 atom stereocenters. The average molecular weight is 324 g/mol. The molecule has 0 radical (unpaired) electrons. The summed E-state index contributed by atoms with van der Waals surface area (Å²) in [6, 6.07) is 16.5. The van der Waals surface area contributed by atoms with Gasteiger partial charge in [0.15, 0.2) is 0 Å². The minimum atomic E-state index is -0.434. The highest BCUT2D eigenvalue weighted by Gasteiger charge is 2.33. The molecule has 2 aromatic rings. The summed E-state index contributed by atoms with van der Waals surface area (Å²) >= 11 is 0. The molecular weight excluding hydrogens is 304 g/mol. The summed E-state index contributed by atoms with van der Waals surface area (Å²) in [6.07, 6.45) is 0. The van der Waals surface area contributed by atoms with Crippen LogP contribution in [0.2, 0.25) is 0 Å². The summed E-state index contributed by atoms with van der Waals surface area (Å²) < 4.78 is 5.76. The highest BCUT2D eigenvalue weighted by atomic mass is 16.5. The van der Waals surface area contributed by atoms with E-state index in [1.165, 1.54) is 6.92 Å². The molecule has 1 unspecified atom stereocenters. The normalized spacial score (nSPS) is 17.8. The van der Waals surface area contributed by atoms with Gasteiger partial charge in [-0.2, -0.15) is 0 Å². The van der Waals surface area contributed by atoms with Gasteiger partial charge in [-0.05, 0) is 43.3 Å². The Hall–Kier alpha value is -2.82. The van der Waals surface area contributed by atoms with E-state index in [4.69, 9.17) is 4.74 Å². The number of rotatable bonds is 3. The number of hydrogen-bond acceptors (Lipinski definition) is 3. The van der Waals surface area contributed by atoms with Gasteiger partial charge < -0.3 is 14.5 Å². The summed E-state index contributed by atoms with van der Waals surface area (Å²) in [5.74, 6) is 1.35. The van der Waals surface area contributed by atoms with Crippen LogP contribution in [-0.4, -0.2) is 35.8 Å². The van der Waals surface area contributed by atoms with Crippen molar-refractivity contribution in [3.63, 3.8) is 0 Å². The molecule has 3 rings (SSSR count). The highest BCUT2D eigenvalue weighted by Crippen LogP contribution is 2.26. The van der Waals surface area contributed by atoms with Crippen molar-refractivity contribution in [3.05, 3.63) is 54.6 Å². The second-order valence-electron chi connectivity index (χ2n) is 5.79. The first-order valence-corrected chi connectivity index (χ1v) is 7.98. The molecule has 0 spiro atoms. The van der Waals surface area contributed by atoms with Gasteiger partial charge in [-0.1, -0.05) is 18.2 Å². The highest BCUT2D eigenvalue weighted by molar-refractivity contribution is 5.99. The van der Waals surface area contributed by atoms with Crippen LogP contribution < -0.4 is 9.64 Å². The Morgan fingerprint density at radius 1 is 1.00 bits per heavy atom. The molecule has 5 heteroatoms. The number of carbonyl (C=O) groups excluding carboxylic acids is 2. The van der Waals surface area contributed by atoms with Crippen LogP contribution in [0.3, 0.4) is 0 Å². The van der Waals surface area contributed by atoms with Crippen molar-refractivity contribution < 1.29 is 14.3 Å². The molecule has 0 N–H and O–H groups in total. The topological polar surface area (TPSA) is 49.9 Å². The maximum absolute atomic E-state index is 12.5. The third-order valence-electron chi connectivity index (χ3n) is 4.19. The average Bonchev–Trinajstić information content (AvgIpc) is 2.59. The van der Waals surface area contributed by atoms with E-state index in [1.54, 1.807) is 16.7 Å².